The first-order chi connectivity index (χ1) is 14.5. The Balaban J connectivity index is 1.34. The molecular formula is C27H34N2O. The van der Waals surface area contributed by atoms with Gasteiger partial charge in [-0.3, -0.25) is 0 Å². The second-order valence-corrected chi connectivity index (χ2v) is 10.7. The topological polar surface area (TPSA) is 27.1 Å². The normalized spacial score (nSPS) is 40.4. The van der Waals surface area contributed by atoms with Crippen LogP contribution in [0.2, 0.25) is 0 Å². The fraction of sp³-hybridized carbons (Fsp3) is 0.593. The fourth-order valence-electron chi connectivity index (χ4n) is 7.90. The van der Waals surface area contributed by atoms with Crippen molar-refractivity contribution in [3.8, 4) is 0 Å². The minimum atomic E-state index is 0.260. The lowest BCUT2D eigenvalue weighted by Gasteiger charge is -2.57. The zero-order valence-corrected chi connectivity index (χ0v) is 18.6. The molecule has 0 saturated heterocycles. The quantitative estimate of drug-likeness (QED) is 0.539. The van der Waals surface area contributed by atoms with E-state index in [1.807, 2.05) is 7.11 Å². The van der Waals surface area contributed by atoms with Crippen molar-refractivity contribution < 1.29 is 4.74 Å². The van der Waals surface area contributed by atoms with Gasteiger partial charge >= 0.3 is 0 Å². The van der Waals surface area contributed by atoms with Crippen molar-refractivity contribution >= 4 is 16.7 Å². The standard InChI is InChI=1S/C27H34N2O/c1-26-14-12-19(30-3)16-18(26)8-9-20-21-10-11-25(27(21,2)15-13-22(20)26)29-17-28-23-6-4-5-7-24(23)29/h4-8,11,17,19-22H,9-10,12-16H2,1-3H3/t19-,20?,21?,22?,26?,27?/m0/s1. The second kappa shape index (κ2) is 6.56. The van der Waals surface area contributed by atoms with Crippen LogP contribution in [0.3, 0.4) is 0 Å². The molecular weight excluding hydrogens is 368 g/mol. The maximum absolute atomic E-state index is 5.74. The van der Waals surface area contributed by atoms with Crippen LogP contribution in [0.1, 0.15) is 58.8 Å². The molecule has 2 aromatic rings. The number of nitrogens with zero attached hydrogens (tertiary/aromatic N) is 2. The molecule has 4 aliphatic rings. The van der Waals surface area contributed by atoms with Crippen molar-refractivity contribution in [2.75, 3.05) is 7.11 Å². The lowest BCUT2D eigenvalue weighted by Crippen LogP contribution is -2.50. The first kappa shape index (κ1) is 18.9. The van der Waals surface area contributed by atoms with Crippen LogP contribution < -0.4 is 0 Å². The second-order valence-electron chi connectivity index (χ2n) is 10.7. The molecule has 0 amide bonds. The first-order valence-corrected chi connectivity index (χ1v) is 11.9. The van der Waals surface area contributed by atoms with Crippen molar-refractivity contribution in [3.63, 3.8) is 0 Å². The summed E-state index contributed by atoms with van der Waals surface area (Å²) < 4.78 is 8.13. The average Bonchev–Trinajstić information content (AvgIpc) is 3.33. The largest absolute Gasteiger partial charge is 0.381 e. The van der Waals surface area contributed by atoms with Crippen LogP contribution in [0, 0.1) is 28.6 Å². The summed E-state index contributed by atoms with van der Waals surface area (Å²) in [6.45, 7) is 5.13. The van der Waals surface area contributed by atoms with Gasteiger partial charge in [-0.05, 0) is 80.2 Å². The number of rotatable bonds is 2. The maximum atomic E-state index is 5.74. The molecule has 1 aromatic heterocycles. The number of hydrogen-bond acceptors (Lipinski definition) is 2. The smallest absolute Gasteiger partial charge is 0.100 e. The molecule has 158 valence electrons. The lowest BCUT2D eigenvalue weighted by atomic mass is 9.48. The molecule has 1 heterocycles. The molecule has 3 nitrogen and oxygen atoms in total. The van der Waals surface area contributed by atoms with Crippen LogP contribution in [0.5, 0.6) is 0 Å². The highest BCUT2D eigenvalue weighted by Crippen LogP contribution is 2.65. The summed E-state index contributed by atoms with van der Waals surface area (Å²) in [6, 6.07) is 8.57. The molecule has 6 atom stereocenters. The molecule has 3 heteroatoms. The fourth-order valence-corrected chi connectivity index (χ4v) is 7.90. The zero-order valence-electron chi connectivity index (χ0n) is 18.6. The van der Waals surface area contributed by atoms with Gasteiger partial charge in [0, 0.05) is 18.2 Å². The van der Waals surface area contributed by atoms with Crippen LogP contribution in [-0.2, 0) is 4.74 Å². The van der Waals surface area contributed by atoms with Gasteiger partial charge < -0.3 is 9.30 Å². The summed E-state index contributed by atoms with van der Waals surface area (Å²) in [5.74, 6) is 2.39. The number of hydrogen-bond donors (Lipinski definition) is 0. The van der Waals surface area contributed by atoms with Gasteiger partial charge in [-0.2, -0.15) is 0 Å². The third-order valence-electron chi connectivity index (χ3n) is 9.65. The predicted octanol–water partition coefficient (Wildman–Crippen LogP) is 6.46. The molecule has 0 radical (unpaired) electrons. The van der Waals surface area contributed by atoms with Crippen molar-refractivity contribution in [1.29, 1.82) is 0 Å². The predicted molar refractivity (Wildman–Crippen MR) is 122 cm³/mol. The van der Waals surface area contributed by atoms with E-state index in [0.29, 0.717) is 11.5 Å². The van der Waals surface area contributed by atoms with E-state index in [-0.39, 0.29) is 5.41 Å². The number of imidazole rings is 1. The van der Waals surface area contributed by atoms with Crippen LogP contribution in [0.25, 0.3) is 16.7 Å². The van der Waals surface area contributed by atoms with Crippen LogP contribution in [0.4, 0.5) is 0 Å². The summed E-state index contributed by atoms with van der Waals surface area (Å²) in [4.78, 5) is 4.69. The Morgan fingerprint density at radius 2 is 1.83 bits per heavy atom. The molecule has 5 unspecified atom stereocenters. The Morgan fingerprint density at radius 3 is 2.70 bits per heavy atom. The number of fused-ring (bicyclic) bond motifs is 6. The molecule has 2 fully saturated rings. The number of aromatic nitrogens is 2. The van der Waals surface area contributed by atoms with Crippen LogP contribution in [0.15, 0.2) is 48.3 Å². The third kappa shape index (κ3) is 2.45. The minimum Gasteiger partial charge on any atom is -0.381 e. The van der Waals surface area contributed by atoms with Gasteiger partial charge in [0.15, 0.2) is 0 Å². The molecule has 0 N–H and O–H groups in total. The number of para-hydroxylation sites is 2. The first-order valence-electron chi connectivity index (χ1n) is 11.9. The van der Waals surface area contributed by atoms with Crippen molar-refractivity contribution in [1.82, 2.24) is 9.55 Å². The SMILES string of the molecule is CO[C@H]1CCC2(C)C(=CCC3C2CCC2(C)C(n4cnc5ccccc54)=CCC32)C1. The Kier molecular flexibility index (Phi) is 4.13. The van der Waals surface area contributed by atoms with Gasteiger partial charge in [0.05, 0.1) is 17.1 Å². The number of benzene rings is 1. The van der Waals surface area contributed by atoms with Crippen LogP contribution >= 0.6 is 0 Å². The van der Waals surface area contributed by atoms with E-state index < -0.39 is 0 Å². The summed E-state index contributed by atoms with van der Waals surface area (Å²) in [6.07, 6.45) is 16.5. The third-order valence-corrected chi connectivity index (χ3v) is 9.65. The molecule has 6 rings (SSSR count). The monoisotopic (exact) mass is 402 g/mol. The summed E-state index contributed by atoms with van der Waals surface area (Å²) >= 11 is 0. The number of ether oxygens (including phenoxy) is 1. The van der Waals surface area contributed by atoms with Gasteiger partial charge in [0.1, 0.15) is 6.33 Å². The molecule has 0 spiro atoms. The molecule has 0 aliphatic heterocycles. The van der Waals surface area contributed by atoms with Crippen molar-refractivity contribution in [3.05, 3.63) is 48.3 Å². The van der Waals surface area contributed by atoms with E-state index in [1.54, 1.807) is 5.57 Å². The maximum Gasteiger partial charge on any atom is 0.100 e. The zero-order chi connectivity index (χ0) is 20.5. The Labute approximate surface area is 180 Å². The highest BCUT2D eigenvalue weighted by Gasteiger charge is 2.57. The minimum absolute atomic E-state index is 0.260. The van der Waals surface area contributed by atoms with Crippen LogP contribution in [-0.4, -0.2) is 22.8 Å². The highest BCUT2D eigenvalue weighted by molar-refractivity contribution is 5.80. The van der Waals surface area contributed by atoms with Gasteiger partial charge in [-0.15, -0.1) is 0 Å². The van der Waals surface area contributed by atoms with Gasteiger partial charge in [0.25, 0.3) is 0 Å². The van der Waals surface area contributed by atoms with E-state index in [9.17, 15) is 0 Å². The Morgan fingerprint density at radius 1 is 1.00 bits per heavy atom. The van der Waals surface area contributed by atoms with Gasteiger partial charge in [0.2, 0.25) is 0 Å². The van der Waals surface area contributed by atoms with E-state index in [4.69, 9.17) is 9.72 Å². The summed E-state index contributed by atoms with van der Waals surface area (Å²) in [5, 5.41) is 0. The van der Waals surface area contributed by atoms with E-state index in [0.717, 1.165) is 29.7 Å². The molecule has 2 saturated carbocycles. The lowest BCUT2D eigenvalue weighted by molar-refractivity contribution is -0.0311. The van der Waals surface area contributed by atoms with Crippen molar-refractivity contribution in [2.45, 2.75) is 64.9 Å². The Hall–Kier alpha value is -1.87. The van der Waals surface area contributed by atoms with E-state index in [1.165, 1.54) is 49.7 Å². The molecule has 30 heavy (non-hydrogen) atoms. The van der Waals surface area contributed by atoms with E-state index >= 15 is 0 Å². The van der Waals surface area contributed by atoms with Crippen molar-refractivity contribution in [2.24, 2.45) is 28.6 Å². The molecule has 0 bridgehead atoms. The van der Waals surface area contributed by atoms with E-state index in [2.05, 4.69) is 61.2 Å². The number of allylic oxidation sites excluding steroid dienone is 3. The Bertz CT molecular complexity index is 1050. The average molecular weight is 403 g/mol. The molecule has 1 aromatic carbocycles. The number of methoxy groups -OCH3 is 1. The summed E-state index contributed by atoms with van der Waals surface area (Å²) in [7, 11) is 1.89. The van der Waals surface area contributed by atoms with Gasteiger partial charge in [-0.1, -0.05) is 43.7 Å². The van der Waals surface area contributed by atoms with Gasteiger partial charge in [-0.25, -0.2) is 4.98 Å². The molecule has 4 aliphatic carbocycles. The summed E-state index contributed by atoms with van der Waals surface area (Å²) in [5.41, 5.74) is 6.22. The highest BCUT2D eigenvalue weighted by atomic mass is 16.5.